The number of carbonyl (C=O) groups is 3. The molecule has 0 saturated heterocycles. The molecule has 0 saturated carbocycles. The van der Waals surface area contributed by atoms with Gasteiger partial charge in [0.2, 0.25) is 0 Å². The van der Waals surface area contributed by atoms with Crippen LogP contribution in [0.15, 0.2) is 30.3 Å². The maximum absolute atomic E-state index is 12.3. The minimum atomic E-state index is -0.985. The van der Waals surface area contributed by atoms with Crippen LogP contribution in [0.1, 0.15) is 20.7 Å². The summed E-state index contributed by atoms with van der Waals surface area (Å²) in [6.45, 7) is 0. The van der Waals surface area contributed by atoms with E-state index in [0.29, 0.717) is 32.7 Å². The Balaban J connectivity index is 2.30. The van der Waals surface area contributed by atoms with Crippen molar-refractivity contribution in [3.63, 3.8) is 0 Å². The number of methoxy groups -OCH3 is 1. The van der Waals surface area contributed by atoms with E-state index in [9.17, 15) is 14.4 Å². The highest BCUT2D eigenvalue weighted by atomic mass is 16.5. The molecule has 0 radical (unpaired) electrons. The summed E-state index contributed by atoms with van der Waals surface area (Å²) < 4.78 is 5.24. The Hall–Kier alpha value is -3.09. The summed E-state index contributed by atoms with van der Waals surface area (Å²) in [5, 5.41) is 1.79. The molecule has 7 heteroatoms. The third-order valence-corrected chi connectivity index (χ3v) is 3.31. The van der Waals surface area contributed by atoms with Crippen LogP contribution in [-0.4, -0.2) is 30.0 Å². The Morgan fingerprint density at radius 1 is 1.14 bits per heavy atom. The zero-order valence-corrected chi connectivity index (χ0v) is 11.0. The minimum Gasteiger partial charge on any atom is -0.496 e. The molecule has 4 amide bonds. The van der Waals surface area contributed by atoms with Crippen molar-refractivity contribution in [3.05, 3.63) is 41.5 Å². The summed E-state index contributed by atoms with van der Waals surface area (Å²) in [5.74, 6) is -0.706. The summed E-state index contributed by atoms with van der Waals surface area (Å²) in [6, 6.07) is 7.22. The highest BCUT2D eigenvalue weighted by Crippen LogP contribution is 2.34. The first-order valence-electron chi connectivity index (χ1n) is 6.09. The predicted octanol–water partition coefficient (Wildman–Crippen LogP) is 1.03. The fourth-order valence-electron chi connectivity index (χ4n) is 2.46. The fraction of sp³-hybridized carbons (Fsp3) is 0.0714. The van der Waals surface area contributed by atoms with Gasteiger partial charge in [0, 0.05) is 10.8 Å². The number of nitrogens with zero attached hydrogens (tertiary/aromatic N) is 1. The van der Waals surface area contributed by atoms with Gasteiger partial charge >= 0.3 is 6.03 Å². The molecule has 1 aliphatic heterocycles. The van der Waals surface area contributed by atoms with E-state index in [1.165, 1.54) is 7.11 Å². The third kappa shape index (κ3) is 1.78. The normalized spacial score (nSPS) is 13.5. The number of hydrogen-bond acceptors (Lipinski definition) is 4. The molecule has 2 aromatic carbocycles. The van der Waals surface area contributed by atoms with E-state index in [-0.39, 0.29) is 0 Å². The molecule has 3 rings (SSSR count). The molecule has 0 bridgehead atoms. The molecule has 21 heavy (non-hydrogen) atoms. The molecule has 0 atom stereocenters. The molecule has 7 nitrogen and oxygen atoms in total. The topological polar surface area (TPSA) is 102 Å². The second-order valence-electron chi connectivity index (χ2n) is 4.47. The lowest BCUT2D eigenvalue weighted by Crippen LogP contribution is -2.53. The first kappa shape index (κ1) is 12.9. The van der Waals surface area contributed by atoms with Gasteiger partial charge in [-0.3, -0.25) is 9.59 Å². The van der Waals surface area contributed by atoms with Crippen molar-refractivity contribution in [1.29, 1.82) is 0 Å². The highest BCUT2D eigenvalue weighted by Gasteiger charge is 2.34. The second kappa shape index (κ2) is 4.48. The number of primary amides is 1. The number of nitrogens with one attached hydrogen (secondary N) is 1. The number of amides is 4. The molecule has 0 spiro atoms. The maximum Gasteiger partial charge on any atom is 0.331 e. The van der Waals surface area contributed by atoms with Crippen LogP contribution >= 0.6 is 0 Å². The molecule has 2 aromatic rings. The number of urea groups is 1. The van der Waals surface area contributed by atoms with E-state index in [1.807, 2.05) is 5.43 Å². The van der Waals surface area contributed by atoms with Crippen molar-refractivity contribution < 1.29 is 19.1 Å². The molecule has 106 valence electrons. The zero-order valence-electron chi connectivity index (χ0n) is 11.0. The lowest BCUT2D eigenvalue weighted by Gasteiger charge is -2.26. The number of hydrazine groups is 1. The lowest BCUT2D eigenvalue weighted by atomic mass is 9.94. The van der Waals surface area contributed by atoms with Crippen LogP contribution < -0.4 is 15.9 Å². The summed E-state index contributed by atoms with van der Waals surface area (Å²) >= 11 is 0. The molecule has 0 aromatic heterocycles. The Bertz CT molecular complexity index is 778. The van der Waals surface area contributed by atoms with E-state index in [1.54, 1.807) is 30.3 Å². The van der Waals surface area contributed by atoms with Gasteiger partial charge in [-0.2, -0.15) is 5.01 Å². The summed E-state index contributed by atoms with van der Waals surface area (Å²) in [5.41, 5.74) is 7.63. The molecular formula is C14H11N3O4. The Kier molecular flexibility index (Phi) is 2.76. The standard InChI is InChI=1S/C14H11N3O4/c1-21-10-6-5-9-11-7(10)3-2-4-8(11)12(18)17(13(9)19)16-14(15)20/h2-6H,1H3,(H3,15,16,20). The number of carbonyl (C=O) groups excluding carboxylic acids is 3. The highest BCUT2D eigenvalue weighted by molar-refractivity contribution is 6.26. The molecule has 0 fully saturated rings. The van der Waals surface area contributed by atoms with Crippen molar-refractivity contribution >= 4 is 28.6 Å². The first-order chi connectivity index (χ1) is 10.0. The van der Waals surface area contributed by atoms with Gasteiger partial charge in [0.1, 0.15) is 5.75 Å². The molecule has 0 aliphatic carbocycles. The van der Waals surface area contributed by atoms with E-state index in [0.717, 1.165) is 0 Å². The van der Waals surface area contributed by atoms with Gasteiger partial charge in [0.05, 0.1) is 18.2 Å². The van der Waals surface area contributed by atoms with Gasteiger partial charge < -0.3 is 10.5 Å². The van der Waals surface area contributed by atoms with Crippen LogP contribution in [0.2, 0.25) is 0 Å². The fourth-order valence-corrected chi connectivity index (χ4v) is 2.46. The van der Waals surface area contributed by atoms with Crippen LogP contribution in [-0.2, 0) is 0 Å². The van der Waals surface area contributed by atoms with E-state index in [4.69, 9.17) is 10.5 Å². The number of rotatable bonds is 2. The van der Waals surface area contributed by atoms with Crippen LogP contribution in [0.4, 0.5) is 4.79 Å². The average molecular weight is 285 g/mol. The Labute approximate surface area is 119 Å². The van der Waals surface area contributed by atoms with Gasteiger partial charge in [-0.1, -0.05) is 12.1 Å². The van der Waals surface area contributed by atoms with Gasteiger partial charge in [-0.05, 0) is 18.2 Å². The molecule has 3 N–H and O–H groups in total. The van der Waals surface area contributed by atoms with E-state index in [2.05, 4.69) is 0 Å². The first-order valence-corrected chi connectivity index (χ1v) is 6.09. The van der Waals surface area contributed by atoms with Crippen molar-refractivity contribution in [2.45, 2.75) is 0 Å². The quantitative estimate of drug-likeness (QED) is 0.804. The lowest BCUT2D eigenvalue weighted by molar-refractivity contribution is 0.0545. The Morgan fingerprint density at radius 3 is 2.43 bits per heavy atom. The minimum absolute atomic E-state index is 0.301. The van der Waals surface area contributed by atoms with Crippen molar-refractivity contribution in [2.24, 2.45) is 5.73 Å². The third-order valence-electron chi connectivity index (χ3n) is 3.31. The number of hydrogen-bond donors (Lipinski definition) is 2. The van der Waals surface area contributed by atoms with Crippen LogP contribution in [0.5, 0.6) is 5.75 Å². The van der Waals surface area contributed by atoms with E-state index >= 15 is 0 Å². The number of benzene rings is 2. The summed E-state index contributed by atoms with van der Waals surface area (Å²) in [7, 11) is 1.51. The van der Waals surface area contributed by atoms with Crippen LogP contribution in [0.3, 0.4) is 0 Å². The smallest absolute Gasteiger partial charge is 0.331 e. The van der Waals surface area contributed by atoms with Crippen molar-refractivity contribution in [3.8, 4) is 5.75 Å². The van der Waals surface area contributed by atoms with Crippen LogP contribution in [0, 0.1) is 0 Å². The van der Waals surface area contributed by atoms with Gasteiger partial charge in [-0.25, -0.2) is 10.2 Å². The summed E-state index contributed by atoms with van der Waals surface area (Å²) in [4.78, 5) is 35.6. The zero-order chi connectivity index (χ0) is 15.1. The van der Waals surface area contributed by atoms with Gasteiger partial charge in [0.25, 0.3) is 11.8 Å². The predicted molar refractivity (Wildman–Crippen MR) is 73.7 cm³/mol. The number of imide groups is 1. The SMILES string of the molecule is COc1ccc2c3c(cccc13)C(=O)N(NC(N)=O)C2=O. The summed E-state index contributed by atoms with van der Waals surface area (Å²) in [6.07, 6.45) is 0. The Morgan fingerprint density at radius 2 is 1.81 bits per heavy atom. The number of ether oxygens (including phenoxy) is 1. The van der Waals surface area contributed by atoms with Crippen molar-refractivity contribution in [2.75, 3.05) is 7.11 Å². The molecule has 1 aliphatic rings. The van der Waals surface area contributed by atoms with Gasteiger partial charge in [-0.15, -0.1) is 0 Å². The largest absolute Gasteiger partial charge is 0.496 e. The monoisotopic (exact) mass is 285 g/mol. The molecule has 1 heterocycles. The average Bonchev–Trinajstić information content (AvgIpc) is 2.48. The van der Waals surface area contributed by atoms with Crippen LogP contribution in [0.25, 0.3) is 10.8 Å². The maximum atomic E-state index is 12.3. The molecule has 0 unspecified atom stereocenters. The molecular weight excluding hydrogens is 274 g/mol. The van der Waals surface area contributed by atoms with E-state index < -0.39 is 17.8 Å². The van der Waals surface area contributed by atoms with Crippen molar-refractivity contribution in [1.82, 2.24) is 10.4 Å². The van der Waals surface area contributed by atoms with Gasteiger partial charge in [0.15, 0.2) is 0 Å². The number of nitrogens with two attached hydrogens (primary N) is 1. The second-order valence-corrected chi connectivity index (χ2v) is 4.47.